The minimum Gasteiger partial charge on any atom is -0.395 e. The number of benzene rings is 1. The zero-order valence-corrected chi connectivity index (χ0v) is 13.3. The van der Waals surface area contributed by atoms with Crippen LogP contribution in [0.4, 0.5) is 0 Å². The molecule has 2 rings (SSSR count). The van der Waals surface area contributed by atoms with Gasteiger partial charge in [-0.3, -0.25) is 0 Å². The van der Waals surface area contributed by atoms with Crippen molar-refractivity contribution in [3.05, 3.63) is 29.8 Å². The van der Waals surface area contributed by atoms with E-state index in [2.05, 4.69) is 16.6 Å². The van der Waals surface area contributed by atoms with Crippen molar-refractivity contribution in [2.24, 2.45) is 0 Å². The number of thioether (sulfide) groups is 1. The van der Waals surface area contributed by atoms with Gasteiger partial charge in [0, 0.05) is 23.8 Å². The van der Waals surface area contributed by atoms with Crippen molar-refractivity contribution in [1.82, 2.24) is 4.72 Å². The largest absolute Gasteiger partial charge is 0.395 e. The van der Waals surface area contributed by atoms with E-state index in [9.17, 15) is 8.42 Å². The summed E-state index contributed by atoms with van der Waals surface area (Å²) < 4.78 is 27.2. The topological polar surface area (TPSA) is 66.4 Å². The highest BCUT2D eigenvalue weighted by Crippen LogP contribution is 2.25. The Balaban J connectivity index is 2.05. The van der Waals surface area contributed by atoms with Gasteiger partial charge in [0.1, 0.15) is 0 Å². The maximum Gasteiger partial charge on any atom is 0.240 e. The fourth-order valence-corrected chi connectivity index (χ4v) is 4.49. The predicted octanol–water partition coefficient (Wildman–Crippen LogP) is 1.59. The van der Waals surface area contributed by atoms with E-state index in [4.69, 9.17) is 5.11 Å². The Morgan fingerprint density at radius 2 is 2.29 bits per heavy atom. The number of sulfonamides is 1. The van der Waals surface area contributed by atoms with Crippen LogP contribution in [0.3, 0.4) is 0 Å². The minimum atomic E-state index is -3.48. The number of rotatable bonds is 5. The zero-order chi connectivity index (χ0) is 15.1. The zero-order valence-electron chi connectivity index (χ0n) is 11.7. The Morgan fingerprint density at radius 3 is 3.00 bits per heavy atom. The molecule has 1 atom stereocenters. The fourth-order valence-electron chi connectivity index (χ4n) is 2.05. The van der Waals surface area contributed by atoms with E-state index in [0.29, 0.717) is 23.8 Å². The summed E-state index contributed by atoms with van der Waals surface area (Å²) in [5, 5.41) is 9.07. The van der Waals surface area contributed by atoms with Crippen LogP contribution in [0.15, 0.2) is 29.2 Å². The van der Waals surface area contributed by atoms with Crippen molar-refractivity contribution >= 4 is 21.8 Å². The van der Waals surface area contributed by atoms with E-state index < -0.39 is 10.0 Å². The van der Waals surface area contributed by atoms with Crippen molar-refractivity contribution in [1.29, 1.82) is 0 Å². The van der Waals surface area contributed by atoms with Crippen molar-refractivity contribution in [2.45, 2.75) is 29.4 Å². The lowest BCUT2D eigenvalue weighted by Crippen LogP contribution is -2.29. The van der Waals surface area contributed by atoms with E-state index in [1.807, 2.05) is 11.8 Å². The van der Waals surface area contributed by atoms with E-state index in [1.165, 1.54) is 0 Å². The van der Waals surface area contributed by atoms with Gasteiger partial charge in [-0.2, -0.15) is 11.8 Å². The quantitative estimate of drug-likeness (QED) is 0.807. The van der Waals surface area contributed by atoms with Gasteiger partial charge in [-0.15, -0.1) is 0 Å². The maximum absolute atomic E-state index is 12.3. The molecule has 0 spiro atoms. The molecule has 0 saturated carbocycles. The van der Waals surface area contributed by atoms with Crippen molar-refractivity contribution in [3.63, 3.8) is 0 Å². The Hall–Kier alpha value is -1.00. The van der Waals surface area contributed by atoms with Gasteiger partial charge in [0.15, 0.2) is 0 Å². The fraction of sp³-hybridized carbons (Fsp3) is 0.467. The first-order chi connectivity index (χ1) is 10.1. The summed E-state index contributed by atoms with van der Waals surface area (Å²) in [4.78, 5) is 0.237. The maximum atomic E-state index is 12.3. The summed E-state index contributed by atoms with van der Waals surface area (Å²) in [7, 11) is -3.48. The molecule has 1 aromatic carbocycles. The first kappa shape index (κ1) is 16.4. The average molecular weight is 325 g/mol. The lowest BCUT2D eigenvalue weighted by atomic mass is 10.2. The van der Waals surface area contributed by atoms with Gasteiger partial charge in [0.25, 0.3) is 0 Å². The predicted molar refractivity (Wildman–Crippen MR) is 85.7 cm³/mol. The highest BCUT2D eigenvalue weighted by atomic mass is 32.2. The number of hydrogen-bond donors (Lipinski definition) is 2. The third kappa shape index (κ3) is 5.04. The van der Waals surface area contributed by atoms with Gasteiger partial charge >= 0.3 is 0 Å². The number of hydrogen-bond acceptors (Lipinski definition) is 4. The van der Waals surface area contributed by atoms with E-state index in [0.717, 1.165) is 18.6 Å². The average Bonchev–Trinajstić information content (AvgIpc) is 2.99. The summed E-state index contributed by atoms with van der Waals surface area (Å²) in [5.74, 6) is 6.75. The molecule has 6 heteroatoms. The smallest absolute Gasteiger partial charge is 0.240 e. The standard InChI is InChI=1S/C15H19NO3S2/c17-9-2-1-5-13-6-3-8-15(11-13)21(18,19)16-12-14-7-4-10-20-14/h3,6,8,11,14,16-17H,2,4,7,9-10,12H2. The Bertz CT molecular complexity index is 626. The highest BCUT2D eigenvalue weighted by molar-refractivity contribution is 8.00. The molecule has 114 valence electrons. The van der Waals surface area contributed by atoms with Crippen molar-refractivity contribution in [2.75, 3.05) is 18.9 Å². The summed E-state index contributed by atoms with van der Waals surface area (Å²) in [5.41, 5.74) is 0.640. The molecule has 1 unspecified atom stereocenters. The van der Waals surface area contributed by atoms with Crippen LogP contribution >= 0.6 is 11.8 Å². The van der Waals surface area contributed by atoms with Crippen LogP contribution in [0.2, 0.25) is 0 Å². The number of nitrogens with one attached hydrogen (secondary N) is 1. The summed E-state index contributed by atoms with van der Waals surface area (Å²) >= 11 is 1.82. The van der Waals surface area contributed by atoms with Crippen LogP contribution in [0.5, 0.6) is 0 Å². The monoisotopic (exact) mass is 325 g/mol. The minimum absolute atomic E-state index is 0.00556. The van der Waals surface area contributed by atoms with Gasteiger partial charge in [0.2, 0.25) is 10.0 Å². The van der Waals surface area contributed by atoms with E-state index in [1.54, 1.807) is 24.3 Å². The first-order valence-electron chi connectivity index (χ1n) is 6.93. The Kier molecular flexibility index (Phi) is 6.12. The molecular weight excluding hydrogens is 306 g/mol. The molecule has 0 aliphatic carbocycles. The van der Waals surface area contributed by atoms with E-state index >= 15 is 0 Å². The molecule has 1 aromatic rings. The van der Waals surface area contributed by atoms with Gasteiger partial charge in [0.05, 0.1) is 11.5 Å². The van der Waals surface area contributed by atoms with Gasteiger partial charge < -0.3 is 5.11 Å². The summed E-state index contributed by atoms with van der Waals surface area (Å²) in [6, 6.07) is 6.58. The number of aliphatic hydroxyl groups excluding tert-OH is 1. The van der Waals surface area contributed by atoms with Crippen LogP contribution in [0.25, 0.3) is 0 Å². The molecule has 4 nitrogen and oxygen atoms in total. The van der Waals surface area contributed by atoms with Crippen LogP contribution in [0.1, 0.15) is 24.8 Å². The molecular formula is C15H19NO3S2. The van der Waals surface area contributed by atoms with Crippen molar-refractivity contribution in [3.8, 4) is 11.8 Å². The van der Waals surface area contributed by atoms with Crippen LogP contribution in [0, 0.1) is 11.8 Å². The second-order valence-electron chi connectivity index (χ2n) is 4.79. The Morgan fingerprint density at radius 1 is 1.43 bits per heavy atom. The van der Waals surface area contributed by atoms with Gasteiger partial charge in [-0.1, -0.05) is 17.9 Å². The first-order valence-corrected chi connectivity index (χ1v) is 9.46. The molecule has 1 saturated heterocycles. The third-order valence-electron chi connectivity index (χ3n) is 3.14. The molecule has 0 bridgehead atoms. The second-order valence-corrected chi connectivity index (χ2v) is 7.97. The highest BCUT2D eigenvalue weighted by Gasteiger charge is 2.20. The van der Waals surface area contributed by atoms with E-state index in [-0.39, 0.29) is 11.5 Å². The summed E-state index contributed by atoms with van der Waals surface area (Å²) in [6.45, 7) is 0.485. The van der Waals surface area contributed by atoms with Crippen LogP contribution < -0.4 is 4.72 Å². The molecule has 1 heterocycles. The van der Waals surface area contributed by atoms with Crippen LogP contribution in [-0.2, 0) is 10.0 Å². The lowest BCUT2D eigenvalue weighted by Gasteiger charge is -2.11. The molecule has 21 heavy (non-hydrogen) atoms. The van der Waals surface area contributed by atoms with Crippen molar-refractivity contribution < 1.29 is 13.5 Å². The molecule has 0 radical (unpaired) electrons. The lowest BCUT2D eigenvalue weighted by molar-refractivity contribution is 0.305. The number of aliphatic hydroxyl groups is 1. The molecule has 1 aliphatic rings. The SMILES string of the molecule is O=S(=O)(NCC1CCCS1)c1cccc(C#CCCO)c1. The third-order valence-corrected chi connectivity index (χ3v) is 5.96. The molecule has 0 aromatic heterocycles. The second kappa shape index (κ2) is 7.85. The molecule has 1 aliphatic heterocycles. The molecule has 1 fully saturated rings. The molecule has 0 amide bonds. The van der Waals surface area contributed by atoms with Crippen LogP contribution in [-0.4, -0.2) is 37.7 Å². The Labute approximate surface area is 130 Å². The molecule has 2 N–H and O–H groups in total. The summed E-state index contributed by atoms with van der Waals surface area (Å²) in [6.07, 6.45) is 2.61. The van der Waals surface area contributed by atoms with Gasteiger partial charge in [-0.25, -0.2) is 13.1 Å². The van der Waals surface area contributed by atoms with Gasteiger partial charge in [-0.05, 0) is 36.8 Å². The normalized spacial score (nSPS) is 18.2.